The molecule has 2 N–H and O–H groups in total. The fourth-order valence-corrected chi connectivity index (χ4v) is 4.21. The molecule has 0 spiro atoms. The molecule has 1 saturated heterocycles. The van der Waals surface area contributed by atoms with Gasteiger partial charge in [0.05, 0.1) is 24.6 Å². The Bertz CT molecular complexity index is 1220. The second kappa shape index (κ2) is 12.7. The summed E-state index contributed by atoms with van der Waals surface area (Å²) in [4.78, 5) is 17.7. The van der Waals surface area contributed by atoms with Crippen LogP contribution in [0.3, 0.4) is 0 Å². The maximum atomic E-state index is 11.0. The van der Waals surface area contributed by atoms with Crippen molar-refractivity contribution in [2.75, 3.05) is 52.7 Å². The molecule has 182 valence electrons. The summed E-state index contributed by atoms with van der Waals surface area (Å²) in [7, 11) is 5.82. The van der Waals surface area contributed by atoms with E-state index >= 15 is 0 Å². The van der Waals surface area contributed by atoms with E-state index in [-0.39, 0.29) is 0 Å². The number of benzene rings is 2. The molecule has 0 amide bonds. The molecular weight excluding hydrogens is 438 g/mol. The van der Waals surface area contributed by atoms with E-state index in [1.165, 1.54) is 26.1 Å². The molecule has 2 aromatic carbocycles. The summed E-state index contributed by atoms with van der Waals surface area (Å²) in [6.45, 7) is 7.78. The molecule has 2 heterocycles. The fraction of sp³-hybridized carbons (Fsp3) is 0.321. The minimum Gasteiger partial charge on any atom is -0.495 e. The number of ether oxygens (including phenoxy) is 1. The maximum absolute atomic E-state index is 11.0. The number of hydrogen-bond donors (Lipinski definition) is 2. The van der Waals surface area contributed by atoms with Crippen LogP contribution < -0.4 is 15.4 Å². The normalized spacial score (nSPS) is 15.1. The highest BCUT2D eigenvalue weighted by Crippen LogP contribution is 2.35. The summed E-state index contributed by atoms with van der Waals surface area (Å²) in [5, 5.41) is 17.3. The van der Waals surface area contributed by atoms with Crippen LogP contribution in [-0.4, -0.2) is 63.6 Å². The Balaban J connectivity index is 0.000000320. The Morgan fingerprint density at radius 3 is 2.77 bits per heavy atom. The summed E-state index contributed by atoms with van der Waals surface area (Å²) >= 11 is 0. The van der Waals surface area contributed by atoms with Gasteiger partial charge in [-0.3, -0.25) is 4.79 Å². The standard InChI is InChI=1S/C21H17N3O2.C7H16N2/c1-14(11-22)12-23-21-18-10-16(19-5-3-4-17(13-25)24-19)7-6-15(18)8-9-20(21)26-2;1-8-5-7-3-4-9(2)6-7/h3-10,13,23H,1,12H2,2H3;7-8H,3-6H2,1-2H3. The lowest BCUT2D eigenvalue weighted by Gasteiger charge is -2.15. The van der Waals surface area contributed by atoms with Crippen LogP contribution in [0.25, 0.3) is 22.0 Å². The van der Waals surface area contributed by atoms with Crippen molar-refractivity contribution < 1.29 is 9.53 Å². The first-order chi connectivity index (χ1) is 17.0. The molecule has 1 atom stereocenters. The average molecular weight is 472 g/mol. The molecular formula is C28H33N5O2. The summed E-state index contributed by atoms with van der Waals surface area (Å²) in [5.41, 5.74) is 3.20. The summed E-state index contributed by atoms with van der Waals surface area (Å²) < 4.78 is 5.46. The molecule has 1 aliphatic rings. The number of methoxy groups -OCH3 is 1. The Morgan fingerprint density at radius 1 is 1.31 bits per heavy atom. The van der Waals surface area contributed by atoms with Crippen LogP contribution in [-0.2, 0) is 0 Å². The number of pyridine rings is 1. The van der Waals surface area contributed by atoms with Crippen molar-refractivity contribution in [2.24, 2.45) is 5.92 Å². The Hall–Kier alpha value is -3.73. The monoisotopic (exact) mass is 471 g/mol. The molecule has 7 heteroatoms. The highest BCUT2D eigenvalue weighted by molar-refractivity contribution is 5.99. The first-order valence-corrected chi connectivity index (χ1v) is 11.7. The van der Waals surface area contributed by atoms with Crippen molar-refractivity contribution in [1.29, 1.82) is 5.26 Å². The van der Waals surface area contributed by atoms with E-state index in [0.29, 0.717) is 29.3 Å². The van der Waals surface area contributed by atoms with Crippen molar-refractivity contribution in [1.82, 2.24) is 15.2 Å². The molecule has 1 fully saturated rings. The van der Waals surface area contributed by atoms with Crippen LogP contribution in [0, 0.1) is 17.2 Å². The maximum Gasteiger partial charge on any atom is 0.168 e. The molecule has 0 saturated carbocycles. The third-order valence-corrected chi connectivity index (χ3v) is 6.01. The van der Waals surface area contributed by atoms with Crippen molar-refractivity contribution in [2.45, 2.75) is 6.42 Å². The van der Waals surface area contributed by atoms with Gasteiger partial charge in [-0.05, 0) is 69.2 Å². The second-order valence-electron chi connectivity index (χ2n) is 8.69. The number of aldehydes is 1. The lowest BCUT2D eigenvalue weighted by atomic mass is 10.0. The SMILES string of the molecule is C=C(C#N)CNc1c(OC)ccc2ccc(-c3cccc(C=O)n3)cc12.CNCC1CCN(C)C1. The molecule has 0 bridgehead atoms. The van der Waals surface area contributed by atoms with Gasteiger partial charge in [0, 0.05) is 29.6 Å². The molecule has 7 nitrogen and oxygen atoms in total. The summed E-state index contributed by atoms with van der Waals surface area (Å²) in [6, 6.07) is 17.2. The highest BCUT2D eigenvalue weighted by Gasteiger charge is 2.17. The van der Waals surface area contributed by atoms with Gasteiger partial charge in [-0.15, -0.1) is 0 Å². The Labute approximate surface area is 207 Å². The lowest BCUT2D eigenvalue weighted by Crippen LogP contribution is -2.21. The molecule has 0 aliphatic carbocycles. The summed E-state index contributed by atoms with van der Waals surface area (Å²) in [5.74, 6) is 1.58. The van der Waals surface area contributed by atoms with Crippen molar-refractivity contribution in [3.63, 3.8) is 0 Å². The van der Waals surface area contributed by atoms with E-state index in [4.69, 9.17) is 10.00 Å². The highest BCUT2D eigenvalue weighted by atomic mass is 16.5. The minimum atomic E-state index is 0.328. The van der Waals surface area contributed by atoms with Gasteiger partial charge in [0.1, 0.15) is 11.4 Å². The van der Waals surface area contributed by atoms with Gasteiger partial charge in [0.15, 0.2) is 6.29 Å². The van der Waals surface area contributed by atoms with Gasteiger partial charge in [0.2, 0.25) is 0 Å². The van der Waals surface area contributed by atoms with E-state index in [9.17, 15) is 4.79 Å². The van der Waals surface area contributed by atoms with Crippen molar-refractivity contribution >= 4 is 22.7 Å². The number of rotatable bonds is 8. The average Bonchev–Trinajstić information content (AvgIpc) is 3.31. The number of anilines is 1. The number of carbonyl (C=O) groups excluding carboxylic acids is 1. The Morgan fingerprint density at radius 2 is 2.11 bits per heavy atom. The zero-order valence-electron chi connectivity index (χ0n) is 20.7. The fourth-order valence-electron chi connectivity index (χ4n) is 4.21. The zero-order valence-corrected chi connectivity index (χ0v) is 20.7. The van der Waals surface area contributed by atoms with Crippen LogP contribution in [0.15, 0.2) is 60.7 Å². The predicted molar refractivity (Wildman–Crippen MR) is 142 cm³/mol. The second-order valence-corrected chi connectivity index (χ2v) is 8.69. The quantitative estimate of drug-likeness (QED) is 0.372. The van der Waals surface area contributed by atoms with Crippen LogP contribution in [0.4, 0.5) is 5.69 Å². The van der Waals surface area contributed by atoms with Crippen LogP contribution in [0.5, 0.6) is 5.75 Å². The van der Waals surface area contributed by atoms with Crippen LogP contribution in [0.1, 0.15) is 16.9 Å². The van der Waals surface area contributed by atoms with Gasteiger partial charge < -0.3 is 20.3 Å². The van der Waals surface area contributed by atoms with Gasteiger partial charge >= 0.3 is 0 Å². The van der Waals surface area contributed by atoms with Gasteiger partial charge in [-0.25, -0.2) is 4.98 Å². The van der Waals surface area contributed by atoms with Crippen LogP contribution >= 0.6 is 0 Å². The molecule has 0 radical (unpaired) electrons. The summed E-state index contributed by atoms with van der Waals surface area (Å²) in [6.07, 6.45) is 2.10. The van der Waals surface area contributed by atoms with Gasteiger partial charge in [0.25, 0.3) is 0 Å². The largest absolute Gasteiger partial charge is 0.495 e. The van der Waals surface area contributed by atoms with Gasteiger partial charge in [-0.1, -0.05) is 30.8 Å². The first-order valence-electron chi connectivity index (χ1n) is 11.7. The van der Waals surface area contributed by atoms with E-state index in [1.807, 2.05) is 49.5 Å². The van der Waals surface area contributed by atoms with Gasteiger partial charge in [-0.2, -0.15) is 5.26 Å². The smallest absolute Gasteiger partial charge is 0.168 e. The number of fused-ring (bicyclic) bond motifs is 1. The first kappa shape index (κ1) is 25.9. The minimum absolute atomic E-state index is 0.328. The van der Waals surface area contributed by atoms with Crippen LogP contribution in [0.2, 0.25) is 0 Å². The van der Waals surface area contributed by atoms with Crippen molar-refractivity contribution in [3.8, 4) is 23.1 Å². The zero-order chi connectivity index (χ0) is 25.2. The predicted octanol–water partition coefficient (Wildman–Crippen LogP) is 4.37. The number of aromatic nitrogens is 1. The third-order valence-electron chi connectivity index (χ3n) is 6.01. The number of nitrogens with zero attached hydrogens (tertiary/aromatic N) is 3. The molecule has 1 aliphatic heterocycles. The molecule has 3 aromatic rings. The molecule has 4 rings (SSSR count). The van der Waals surface area contributed by atoms with E-state index in [0.717, 1.165) is 34.2 Å². The topological polar surface area (TPSA) is 90.3 Å². The number of likely N-dealkylation sites (tertiary alicyclic amines) is 1. The number of hydrogen-bond acceptors (Lipinski definition) is 7. The molecule has 1 aromatic heterocycles. The van der Waals surface area contributed by atoms with E-state index < -0.39 is 0 Å². The lowest BCUT2D eigenvalue weighted by molar-refractivity contribution is 0.111. The Kier molecular flexibility index (Phi) is 9.36. The number of carbonyl (C=O) groups is 1. The molecule has 35 heavy (non-hydrogen) atoms. The van der Waals surface area contributed by atoms with Crippen molar-refractivity contribution in [3.05, 3.63) is 66.4 Å². The number of nitrogens with one attached hydrogen (secondary N) is 2. The third kappa shape index (κ3) is 6.89. The van der Waals surface area contributed by atoms with E-state index in [2.05, 4.69) is 34.1 Å². The number of nitriles is 1. The molecule has 1 unspecified atom stereocenters. The van der Waals surface area contributed by atoms with E-state index in [1.54, 1.807) is 19.2 Å².